The molecule has 0 aliphatic carbocycles. The van der Waals surface area contributed by atoms with Crippen molar-refractivity contribution in [2.45, 2.75) is 37.8 Å². The molecule has 0 heterocycles. The van der Waals surface area contributed by atoms with E-state index in [1.165, 1.54) is 24.3 Å². The Labute approximate surface area is 251 Å². The van der Waals surface area contributed by atoms with Crippen LogP contribution >= 0.6 is 27.5 Å². The molecule has 0 unspecified atom stereocenters. The minimum atomic E-state index is -4.28. The molecule has 3 amide bonds. The lowest BCUT2D eigenvalue weighted by atomic mass is 10.0. The molecule has 3 aromatic carbocycles. The van der Waals surface area contributed by atoms with Crippen molar-refractivity contribution in [3.8, 4) is 5.75 Å². The van der Waals surface area contributed by atoms with E-state index >= 15 is 0 Å². The number of amides is 3. The Morgan fingerprint density at radius 2 is 1.66 bits per heavy atom. The Balaban J connectivity index is 1.56. The highest BCUT2D eigenvalue weighted by molar-refractivity contribution is 9.10. The highest BCUT2D eigenvalue weighted by Crippen LogP contribution is 2.27. The van der Waals surface area contributed by atoms with Crippen LogP contribution in [0.3, 0.4) is 0 Å². The summed E-state index contributed by atoms with van der Waals surface area (Å²) in [6.45, 7) is 3.33. The van der Waals surface area contributed by atoms with E-state index in [0.29, 0.717) is 16.5 Å². The van der Waals surface area contributed by atoms with Gasteiger partial charge in [0.1, 0.15) is 18.4 Å². The molecule has 3 rings (SSSR count). The van der Waals surface area contributed by atoms with Gasteiger partial charge in [-0.1, -0.05) is 71.7 Å². The number of halogens is 2. The van der Waals surface area contributed by atoms with E-state index < -0.39 is 34.0 Å². The van der Waals surface area contributed by atoms with Crippen LogP contribution in [0.1, 0.15) is 25.8 Å². The smallest absolute Gasteiger partial charge is 0.408 e. The van der Waals surface area contributed by atoms with E-state index in [4.69, 9.17) is 21.1 Å². The molecule has 41 heavy (non-hydrogen) atoms. The molecule has 0 spiro atoms. The van der Waals surface area contributed by atoms with Crippen LogP contribution in [0.15, 0.2) is 82.2 Å². The highest BCUT2D eigenvalue weighted by atomic mass is 79.9. The number of sulfonamides is 1. The van der Waals surface area contributed by atoms with Crippen molar-refractivity contribution in [3.05, 3.63) is 87.9 Å². The molecular formula is C28H29BrClN3O7S. The zero-order chi connectivity index (χ0) is 30.0. The highest BCUT2D eigenvalue weighted by Gasteiger charge is 2.27. The van der Waals surface area contributed by atoms with E-state index in [0.717, 1.165) is 10.0 Å². The van der Waals surface area contributed by atoms with E-state index in [1.54, 1.807) is 42.5 Å². The second kappa shape index (κ2) is 14.9. The summed E-state index contributed by atoms with van der Waals surface area (Å²) in [5.74, 6) is -1.10. The van der Waals surface area contributed by atoms with Crippen LogP contribution in [0.4, 0.5) is 10.5 Å². The van der Waals surface area contributed by atoms with Crippen LogP contribution in [0, 0.1) is 5.92 Å². The largest absolute Gasteiger partial charge is 0.482 e. The molecule has 0 saturated carbocycles. The first-order valence-electron chi connectivity index (χ1n) is 12.4. The second-order valence-corrected chi connectivity index (χ2v) is 12.3. The maximum atomic E-state index is 12.9. The van der Waals surface area contributed by atoms with Crippen LogP contribution in [-0.2, 0) is 31.0 Å². The van der Waals surface area contributed by atoms with E-state index in [9.17, 15) is 22.8 Å². The first kappa shape index (κ1) is 31.9. The Hall–Kier alpha value is -3.61. The summed E-state index contributed by atoms with van der Waals surface area (Å²) in [6, 6.07) is 18.0. The number of hydrogen-bond donors (Lipinski definition) is 3. The van der Waals surface area contributed by atoms with Crippen molar-refractivity contribution >= 4 is 61.1 Å². The number of alkyl carbamates (subject to hydrolysis) is 1. The molecule has 0 fully saturated rings. The predicted octanol–water partition coefficient (Wildman–Crippen LogP) is 5.27. The molecule has 0 aromatic heterocycles. The topological polar surface area (TPSA) is 140 Å². The second-order valence-electron chi connectivity index (χ2n) is 9.29. The lowest BCUT2D eigenvalue weighted by Gasteiger charge is -2.20. The molecule has 0 radical (unpaired) electrons. The van der Waals surface area contributed by atoms with Crippen LogP contribution in [0.25, 0.3) is 0 Å². The van der Waals surface area contributed by atoms with Crippen molar-refractivity contribution < 1.29 is 32.3 Å². The molecule has 3 N–H and O–H groups in total. The van der Waals surface area contributed by atoms with Gasteiger partial charge < -0.3 is 20.1 Å². The van der Waals surface area contributed by atoms with Gasteiger partial charge in [-0.15, -0.1) is 0 Å². The first-order chi connectivity index (χ1) is 19.4. The summed E-state index contributed by atoms with van der Waals surface area (Å²) in [7, 11) is -4.28. The van der Waals surface area contributed by atoms with Gasteiger partial charge in [-0.2, -0.15) is 0 Å². The molecule has 0 aliphatic rings. The van der Waals surface area contributed by atoms with Crippen LogP contribution < -0.4 is 20.1 Å². The number of anilines is 1. The molecule has 13 heteroatoms. The fourth-order valence-corrected chi connectivity index (χ4v) is 5.27. The van der Waals surface area contributed by atoms with Gasteiger partial charge in [0.25, 0.3) is 21.8 Å². The van der Waals surface area contributed by atoms with Gasteiger partial charge in [-0.3, -0.25) is 9.59 Å². The number of rotatable bonds is 12. The van der Waals surface area contributed by atoms with Crippen LogP contribution in [-0.4, -0.2) is 39.0 Å². The lowest BCUT2D eigenvalue weighted by Crippen LogP contribution is -2.49. The molecule has 3 aromatic rings. The zero-order valence-corrected chi connectivity index (χ0v) is 25.4. The number of nitrogens with one attached hydrogen (secondary N) is 3. The van der Waals surface area contributed by atoms with Crippen molar-refractivity contribution in [2.75, 3.05) is 11.9 Å². The quantitative estimate of drug-likeness (QED) is 0.239. The fourth-order valence-electron chi connectivity index (χ4n) is 3.52. The number of hydrogen-bond acceptors (Lipinski definition) is 7. The van der Waals surface area contributed by atoms with Crippen LogP contribution in [0.2, 0.25) is 5.02 Å². The predicted molar refractivity (Wildman–Crippen MR) is 158 cm³/mol. The SMILES string of the molecule is CC(C)C[C@H](NC(=O)OCc1ccccc1)C(=O)NS(=O)(=O)c1ccc(NC(=O)COc2ccc(Br)cc2Cl)cc1. The molecule has 1 atom stereocenters. The summed E-state index contributed by atoms with van der Waals surface area (Å²) >= 11 is 9.36. The van der Waals surface area contributed by atoms with Crippen molar-refractivity contribution in [1.29, 1.82) is 0 Å². The minimum Gasteiger partial charge on any atom is -0.482 e. The molecular weight excluding hydrogens is 638 g/mol. The van der Waals surface area contributed by atoms with Crippen molar-refractivity contribution in [2.24, 2.45) is 5.92 Å². The Kier molecular flexibility index (Phi) is 11.6. The fraction of sp³-hybridized carbons (Fsp3) is 0.250. The molecule has 0 bridgehead atoms. The molecule has 0 aliphatic heterocycles. The van der Waals surface area contributed by atoms with Crippen molar-refractivity contribution in [3.63, 3.8) is 0 Å². The van der Waals surface area contributed by atoms with E-state index in [2.05, 4.69) is 26.6 Å². The third-order valence-electron chi connectivity index (χ3n) is 5.46. The Morgan fingerprint density at radius 3 is 2.29 bits per heavy atom. The summed E-state index contributed by atoms with van der Waals surface area (Å²) in [4.78, 5) is 37.2. The number of benzene rings is 3. The summed E-state index contributed by atoms with van der Waals surface area (Å²) in [5.41, 5.74) is 1.07. The normalized spacial score (nSPS) is 11.8. The van der Waals surface area contributed by atoms with E-state index in [-0.39, 0.29) is 30.4 Å². The summed E-state index contributed by atoms with van der Waals surface area (Å²) in [5, 5.41) is 5.37. The number of ether oxygens (including phenoxy) is 2. The maximum Gasteiger partial charge on any atom is 0.408 e. The first-order valence-corrected chi connectivity index (χ1v) is 15.1. The third kappa shape index (κ3) is 10.4. The lowest BCUT2D eigenvalue weighted by molar-refractivity contribution is -0.121. The number of carbonyl (C=O) groups is 3. The minimum absolute atomic E-state index is 0.00597. The summed E-state index contributed by atoms with van der Waals surface area (Å²) < 4.78 is 39.1. The maximum absolute atomic E-state index is 12.9. The van der Waals surface area contributed by atoms with E-state index in [1.807, 2.05) is 24.6 Å². The zero-order valence-electron chi connectivity index (χ0n) is 22.2. The average Bonchev–Trinajstić information content (AvgIpc) is 2.91. The van der Waals surface area contributed by atoms with Crippen LogP contribution in [0.5, 0.6) is 5.75 Å². The van der Waals surface area contributed by atoms with Gasteiger partial charge in [0.05, 0.1) is 9.92 Å². The number of carbonyl (C=O) groups excluding carboxylic acids is 3. The molecule has 10 nitrogen and oxygen atoms in total. The Bertz CT molecular complexity index is 1470. The van der Waals surface area contributed by atoms with Gasteiger partial charge in [-0.05, 0) is 60.4 Å². The van der Waals surface area contributed by atoms with Crippen molar-refractivity contribution in [1.82, 2.24) is 10.0 Å². The molecule has 218 valence electrons. The van der Waals surface area contributed by atoms with Gasteiger partial charge in [0.2, 0.25) is 0 Å². The third-order valence-corrected chi connectivity index (χ3v) is 7.62. The van der Waals surface area contributed by atoms with Gasteiger partial charge in [-0.25, -0.2) is 17.9 Å². The monoisotopic (exact) mass is 665 g/mol. The standard InChI is InChI=1S/C28H29BrClN3O7S/c1-18(2)14-24(32-28(36)40-16-19-6-4-3-5-7-19)27(35)33-41(37,38)22-11-9-21(10-12-22)31-26(34)17-39-25-13-8-20(29)15-23(25)30/h3-13,15,18,24H,14,16-17H2,1-2H3,(H,31,34)(H,32,36)(H,33,35)/t24-/m0/s1. The van der Waals surface area contributed by atoms with Gasteiger partial charge >= 0.3 is 6.09 Å². The average molecular weight is 667 g/mol. The Morgan fingerprint density at radius 1 is 0.976 bits per heavy atom. The van der Waals surface area contributed by atoms with Gasteiger partial charge in [0.15, 0.2) is 6.61 Å². The summed E-state index contributed by atoms with van der Waals surface area (Å²) in [6.07, 6.45) is -0.668. The van der Waals surface area contributed by atoms with Gasteiger partial charge in [0, 0.05) is 10.2 Å². The molecule has 0 saturated heterocycles.